The van der Waals surface area contributed by atoms with Crippen molar-refractivity contribution in [2.75, 3.05) is 11.9 Å². The smallest absolute Gasteiger partial charge is 0.0955 e. The molecule has 0 fully saturated rings. The number of anilines is 2. The fourth-order valence-corrected chi connectivity index (χ4v) is 4.52. The second-order valence-electron chi connectivity index (χ2n) is 6.73. The van der Waals surface area contributed by atoms with Gasteiger partial charge in [0.25, 0.3) is 0 Å². The van der Waals surface area contributed by atoms with E-state index in [-0.39, 0.29) is 0 Å². The van der Waals surface area contributed by atoms with Gasteiger partial charge in [-0.25, -0.2) is 4.98 Å². The summed E-state index contributed by atoms with van der Waals surface area (Å²) in [5.41, 5.74) is 8.37. The van der Waals surface area contributed by atoms with Crippen LogP contribution in [0.25, 0.3) is 21.9 Å². The summed E-state index contributed by atoms with van der Waals surface area (Å²) in [5.74, 6) is 0.900. The monoisotopic (exact) mass is 364 g/mol. The van der Waals surface area contributed by atoms with E-state index in [1.807, 2.05) is 17.9 Å². The van der Waals surface area contributed by atoms with Crippen molar-refractivity contribution in [3.63, 3.8) is 0 Å². The molecule has 0 spiro atoms. The van der Waals surface area contributed by atoms with E-state index in [0.29, 0.717) is 0 Å². The van der Waals surface area contributed by atoms with Crippen molar-refractivity contribution in [2.45, 2.75) is 12.2 Å². The average molecular weight is 364 g/mol. The van der Waals surface area contributed by atoms with E-state index >= 15 is 0 Å². The van der Waals surface area contributed by atoms with Gasteiger partial charge in [0.05, 0.1) is 24.0 Å². The van der Waals surface area contributed by atoms with Crippen LogP contribution >= 0.6 is 12.0 Å². The first-order valence-electron chi connectivity index (χ1n) is 8.73. The summed E-state index contributed by atoms with van der Waals surface area (Å²) < 4.78 is 9.94. The van der Waals surface area contributed by atoms with Gasteiger partial charge in [0.1, 0.15) is 0 Å². The van der Waals surface area contributed by atoms with Crippen LogP contribution in [-0.4, -0.2) is 20.7 Å². The molecule has 5 nitrogen and oxygen atoms in total. The lowest BCUT2D eigenvalue weighted by Gasteiger charge is -2.08. The Labute approximate surface area is 156 Å². The maximum atomic E-state index is 5.59. The molecule has 2 aromatic carbocycles. The molecule has 1 aliphatic rings. The lowest BCUT2D eigenvalue weighted by atomic mass is 10.1. The van der Waals surface area contributed by atoms with Gasteiger partial charge in [0.2, 0.25) is 0 Å². The minimum atomic E-state index is 0.775. The molecule has 0 amide bonds. The third-order valence-corrected chi connectivity index (χ3v) is 5.90. The van der Waals surface area contributed by atoms with Gasteiger partial charge < -0.3 is 18.6 Å². The van der Waals surface area contributed by atoms with Gasteiger partial charge in [-0.15, -0.1) is 0 Å². The molecule has 1 N–H and O–H groups in total. The number of imidazole rings is 1. The van der Waals surface area contributed by atoms with E-state index in [9.17, 15) is 0 Å². The zero-order valence-electron chi connectivity index (χ0n) is 14.8. The first kappa shape index (κ1) is 15.8. The molecule has 26 heavy (non-hydrogen) atoms. The Bertz CT molecular complexity index is 1130. The fraction of sp³-hybridized carbons (Fsp3) is 0.250. The maximum Gasteiger partial charge on any atom is 0.0955 e. The van der Waals surface area contributed by atoms with Gasteiger partial charge in [-0.1, -0.05) is 0 Å². The van der Waals surface area contributed by atoms with Gasteiger partial charge >= 0.3 is 0 Å². The number of hydrogen-bond acceptors (Lipinski definition) is 4. The average Bonchev–Trinajstić information content (AvgIpc) is 3.01. The van der Waals surface area contributed by atoms with E-state index < -0.39 is 0 Å². The molecule has 5 rings (SSSR count). The van der Waals surface area contributed by atoms with E-state index in [1.54, 1.807) is 12.0 Å². The Morgan fingerprint density at radius 2 is 1.92 bits per heavy atom. The summed E-state index contributed by atoms with van der Waals surface area (Å²) in [7, 11) is 4.17. The minimum Gasteiger partial charge on any atom is -0.355 e. The standard InChI is InChI=1S/C20H20N4OS/c1-23-12-21-17-5-3-14(10-20(17)23)22-13-4-6-18-15(9-13)16-11-26-25-8-7-19(16)24(18)2/h3-6,9-10,12,22H,7-8,11H2,1-2H3. The van der Waals surface area contributed by atoms with Crippen LogP contribution in [0.1, 0.15) is 11.3 Å². The number of fused-ring (bicyclic) bond motifs is 4. The first-order chi connectivity index (χ1) is 12.7. The van der Waals surface area contributed by atoms with Crippen molar-refractivity contribution >= 4 is 45.4 Å². The van der Waals surface area contributed by atoms with Crippen LogP contribution in [0, 0.1) is 0 Å². The lowest BCUT2D eigenvalue weighted by Crippen LogP contribution is -2.00. The van der Waals surface area contributed by atoms with Crippen LogP contribution in [-0.2, 0) is 30.5 Å². The summed E-state index contributed by atoms with van der Waals surface area (Å²) in [4.78, 5) is 4.39. The first-order valence-corrected chi connectivity index (χ1v) is 9.64. The molecule has 0 unspecified atom stereocenters. The largest absolute Gasteiger partial charge is 0.355 e. The van der Waals surface area contributed by atoms with Crippen molar-refractivity contribution in [1.29, 1.82) is 0 Å². The van der Waals surface area contributed by atoms with Gasteiger partial charge in [-0.3, -0.25) is 0 Å². The summed E-state index contributed by atoms with van der Waals surface area (Å²) >= 11 is 1.56. The summed E-state index contributed by atoms with van der Waals surface area (Å²) in [6, 6.07) is 12.9. The molecule has 0 atom stereocenters. The molecule has 1 aliphatic heterocycles. The molecule has 132 valence electrons. The predicted octanol–water partition coefficient (Wildman–Crippen LogP) is 4.53. The molecule has 6 heteroatoms. The number of rotatable bonds is 2. The fourth-order valence-electron chi connectivity index (χ4n) is 3.80. The molecule has 0 radical (unpaired) electrons. The normalized spacial score (nSPS) is 14.5. The summed E-state index contributed by atoms with van der Waals surface area (Å²) in [6.45, 7) is 0.775. The summed E-state index contributed by atoms with van der Waals surface area (Å²) in [6.07, 6.45) is 2.81. The highest BCUT2D eigenvalue weighted by molar-refractivity contribution is 7.93. The zero-order valence-corrected chi connectivity index (χ0v) is 15.6. The van der Waals surface area contributed by atoms with Crippen LogP contribution in [0.2, 0.25) is 0 Å². The van der Waals surface area contributed by atoms with E-state index in [2.05, 4.69) is 58.3 Å². The van der Waals surface area contributed by atoms with E-state index in [1.165, 1.54) is 22.2 Å². The number of hydrogen-bond donors (Lipinski definition) is 1. The zero-order chi connectivity index (χ0) is 17.7. The van der Waals surface area contributed by atoms with E-state index in [4.69, 9.17) is 4.18 Å². The Hall–Kier alpha value is -2.44. The summed E-state index contributed by atoms with van der Waals surface area (Å²) in [5, 5.41) is 4.86. The molecule has 3 heterocycles. The Morgan fingerprint density at radius 1 is 1.08 bits per heavy atom. The Balaban J connectivity index is 1.56. The molecule has 2 aromatic heterocycles. The molecule has 0 aliphatic carbocycles. The molecule has 4 aromatic rings. The highest BCUT2D eigenvalue weighted by Crippen LogP contribution is 2.34. The number of benzene rings is 2. The Morgan fingerprint density at radius 3 is 2.85 bits per heavy atom. The molecule has 0 bridgehead atoms. The Kier molecular flexibility index (Phi) is 3.69. The van der Waals surface area contributed by atoms with Crippen molar-refractivity contribution < 1.29 is 4.18 Å². The molecule has 0 saturated heterocycles. The molecule has 0 saturated carbocycles. The van der Waals surface area contributed by atoms with Crippen LogP contribution in [0.4, 0.5) is 11.4 Å². The van der Waals surface area contributed by atoms with Crippen molar-refractivity contribution in [2.24, 2.45) is 14.1 Å². The van der Waals surface area contributed by atoms with Crippen molar-refractivity contribution in [3.8, 4) is 0 Å². The number of nitrogens with one attached hydrogen (secondary N) is 1. The second kappa shape index (κ2) is 6.07. The highest BCUT2D eigenvalue weighted by atomic mass is 32.2. The third-order valence-electron chi connectivity index (χ3n) is 5.16. The molecular weight excluding hydrogens is 344 g/mol. The van der Waals surface area contributed by atoms with Gasteiger partial charge in [-0.05, 0) is 54.0 Å². The topological polar surface area (TPSA) is 44.0 Å². The maximum absolute atomic E-state index is 5.59. The minimum absolute atomic E-state index is 0.775. The SMILES string of the molecule is Cn1cnc2ccc(Nc3ccc4c(c3)c3c(n4C)CCOSC3)cc21. The third kappa shape index (κ3) is 2.48. The highest BCUT2D eigenvalue weighted by Gasteiger charge is 2.18. The number of aromatic nitrogens is 3. The number of nitrogens with zero attached hydrogens (tertiary/aromatic N) is 3. The van der Waals surface area contributed by atoms with Crippen molar-refractivity contribution in [3.05, 3.63) is 54.0 Å². The van der Waals surface area contributed by atoms with Gasteiger partial charge in [0, 0.05) is 54.2 Å². The quantitative estimate of drug-likeness (QED) is 0.531. The van der Waals surface area contributed by atoms with Gasteiger partial charge in [0.15, 0.2) is 0 Å². The molecular formula is C20H20N4OS. The lowest BCUT2D eigenvalue weighted by molar-refractivity contribution is 0.379. The van der Waals surface area contributed by atoms with Crippen LogP contribution < -0.4 is 5.32 Å². The van der Waals surface area contributed by atoms with Gasteiger partial charge in [-0.2, -0.15) is 0 Å². The second-order valence-corrected chi connectivity index (χ2v) is 7.49. The van der Waals surface area contributed by atoms with Crippen LogP contribution in [0.5, 0.6) is 0 Å². The number of aryl methyl sites for hydroxylation is 2. The van der Waals surface area contributed by atoms with E-state index in [0.717, 1.165) is 41.2 Å². The van der Waals surface area contributed by atoms with Crippen molar-refractivity contribution in [1.82, 2.24) is 14.1 Å². The van der Waals surface area contributed by atoms with Crippen LogP contribution in [0.15, 0.2) is 42.7 Å². The van der Waals surface area contributed by atoms with Crippen LogP contribution in [0.3, 0.4) is 0 Å². The predicted molar refractivity (Wildman–Crippen MR) is 108 cm³/mol.